The van der Waals surface area contributed by atoms with Crippen LogP contribution >= 0.6 is 0 Å². The summed E-state index contributed by atoms with van der Waals surface area (Å²) in [5, 5.41) is 0. The number of aromatic nitrogens is 3. The zero-order chi connectivity index (χ0) is 11.4. The van der Waals surface area contributed by atoms with Gasteiger partial charge in [-0.25, -0.2) is 9.97 Å². The molecule has 5 nitrogen and oxygen atoms in total. The number of hydrogen-bond acceptors (Lipinski definition) is 4. The van der Waals surface area contributed by atoms with Crippen LogP contribution in [0.4, 0.5) is 0 Å². The van der Waals surface area contributed by atoms with Crippen LogP contribution in [0.1, 0.15) is 5.56 Å². The van der Waals surface area contributed by atoms with Crippen LogP contribution in [0.2, 0.25) is 0 Å². The van der Waals surface area contributed by atoms with Gasteiger partial charge in [-0.05, 0) is 11.6 Å². The van der Waals surface area contributed by atoms with E-state index in [1.165, 1.54) is 7.11 Å². The van der Waals surface area contributed by atoms with Crippen molar-refractivity contribution < 1.29 is 9.53 Å². The van der Waals surface area contributed by atoms with E-state index in [0.29, 0.717) is 0 Å². The van der Waals surface area contributed by atoms with Gasteiger partial charge in [0.2, 0.25) is 0 Å². The Labute approximate surface area is 92.7 Å². The van der Waals surface area contributed by atoms with Crippen molar-refractivity contribution in [1.29, 1.82) is 0 Å². The van der Waals surface area contributed by atoms with E-state index in [4.69, 9.17) is 0 Å². The van der Waals surface area contributed by atoms with Gasteiger partial charge in [-0.1, -0.05) is 6.07 Å². The average molecular weight is 217 g/mol. The van der Waals surface area contributed by atoms with Crippen LogP contribution in [-0.4, -0.2) is 27.6 Å². The topological polar surface area (TPSA) is 57.0 Å². The fourth-order valence-corrected chi connectivity index (χ4v) is 1.31. The predicted molar refractivity (Wildman–Crippen MR) is 57.1 cm³/mol. The number of ether oxygens (including phenoxy) is 1. The van der Waals surface area contributed by atoms with E-state index in [1.54, 1.807) is 23.3 Å². The molecular weight excluding hydrogens is 206 g/mol. The molecule has 0 unspecified atom stereocenters. The summed E-state index contributed by atoms with van der Waals surface area (Å²) < 4.78 is 6.37. The Bertz CT molecular complexity index is 462. The quantitative estimate of drug-likeness (QED) is 0.719. The Morgan fingerprint density at radius 1 is 1.50 bits per heavy atom. The van der Waals surface area contributed by atoms with Gasteiger partial charge in [-0.15, -0.1) is 0 Å². The number of esters is 1. The lowest BCUT2D eigenvalue weighted by Gasteiger charge is -2.02. The van der Waals surface area contributed by atoms with Crippen molar-refractivity contribution in [2.45, 2.75) is 6.42 Å². The van der Waals surface area contributed by atoms with Crippen LogP contribution in [0.5, 0.6) is 0 Å². The monoisotopic (exact) mass is 217 g/mol. The molecule has 0 atom stereocenters. The first-order valence-corrected chi connectivity index (χ1v) is 4.79. The molecule has 16 heavy (non-hydrogen) atoms. The molecule has 0 bridgehead atoms. The van der Waals surface area contributed by atoms with E-state index >= 15 is 0 Å². The lowest BCUT2D eigenvalue weighted by atomic mass is 10.2. The number of rotatable bonds is 3. The van der Waals surface area contributed by atoms with Crippen LogP contribution in [0.25, 0.3) is 5.82 Å². The minimum Gasteiger partial charge on any atom is -0.469 e. The van der Waals surface area contributed by atoms with Crippen molar-refractivity contribution in [2.75, 3.05) is 7.11 Å². The molecule has 0 spiro atoms. The van der Waals surface area contributed by atoms with Crippen LogP contribution < -0.4 is 0 Å². The molecule has 82 valence electrons. The Kier molecular flexibility index (Phi) is 2.95. The second-order valence-electron chi connectivity index (χ2n) is 3.25. The number of imidazole rings is 1. The first-order chi connectivity index (χ1) is 7.79. The molecule has 0 N–H and O–H groups in total. The molecular formula is C11H11N3O2. The number of nitrogens with zero attached hydrogens (tertiary/aromatic N) is 3. The highest BCUT2D eigenvalue weighted by atomic mass is 16.5. The summed E-state index contributed by atoms with van der Waals surface area (Å²) in [6.07, 6.45) is 7.06. The van der Waals surface area contributed by atoms with Crippen molar-refractivity contribution in [3.8, 4) is 5.82 Å². The lowest BCUT2D eigenvalue weighted by molar-refractivity contribution is -0.139. The maximum atomic E-state index is 11.0. The van der Waals surface area contributed by atoms with Gasteiger partial charge >= 0.3 is 5.97 Å². The lowest BCUT2D eigenvalue weighted by Crippen LogP contribution is -2.05. The van der Waals surface area contributed by atoms with Crippen LogP contribution in [0, 0.1) is 0 Å². The molecule has 0 amide bonds. The number of methoxy groups -OCH3 is 1. The Morgan fingerprint density at radius 2 is 2.38 bits per heavy atom. The summed E-state index contributed by atoms with van der Waals surface area (Å²) in [4.78, 5) is 19.2. The first-order valence-electron chi connectivity index (χ1n) is 4.79. The van der Waals surface area contributed by atoms with Crippen LogP contribution in [0.3, 0.4) is 0 Å². The van der Waals surface area contributed by atoms with E-state index in [-0.39, 0.29) is 12.4 Å². The summed E-state index contributed by atoms with van der Waals surface area (Å²) in [7, 11) is 1.37. The first kappa shape index (κ1) is 10.4. The fourth-order valence-electron chi connectivity index (χ4n) is 1.31. The molecule has 0 aromatic carbocycles. The second kappa shape index (κ2) is 4.57. The minimum atomic E-state index is -0.266. The van der Waals surface area contributed by atoms with E-state index in [2.05, 4.69) is 14.7 Å². The normalized spacial score (nSPS) is 10.1. The molecule has 2 aromatic heterocycles. The van der Waals surface area contributed by atoms with Gasteiger partial charge in [0, 0.05) is 18.6 Å². The van der Waals surface area contributed by atoms with Gasteiger partial charge in [0.15, 0.2) is 0 Å². The molecule has 2 heterocycles. The Balaban J connectivity index is 2.14. The molecule has 0 aliphatic rings. The molecule has 2 aromatic rings. The summed E-state index contributed by atoms with van der Waals surface area (Å²) in [6, 6.07) is 3.68. The van der Waals surface area contributed by atoms with Gasteiger partial charge < -0.3 is 4.74 Å². The zero-order valence-electron chi connectivity index (χ0n) is 8.83. The third-order valence-electron chi connectivity index (χ3n) is 2.15. The highest BCUT2D eigenvalue weighted by Crippen LogP contribution is 2.06. The molecule has 5 heteroatoms. The van der Waals surface area contributed by atoms with Gasteiger partial charge in [0.25, 0.3) is 0 Å². The number of carbonyl (C=O) groups is 1. The Morgan fingerprint density at radius 3 is 2.94 bits per heavy atom. The number of carbonyl (C=O) groups excluding carboxylic acids is 1. The predicted octanol–water partition coefficient (Wildman–Crippen LogP) is 0.983. The van der Waals surface area contributed by atoms with E-state index in [1.807, 2.05) is 18.3 Å². The van der Waals surface area contributed by atoms with Crippen molar-refractivity contribution in [1.82, 2.24) is 14.5 Å². The smallest absolute Gasteiger partial charge is 0.310 e. The van der Waals surface area contributed by atoms with E-state index < -0.39 is 0 Å². The van der Waals surface area contributed by atoms with Gasteiger partial charge in [0.1, 0.15) is 12.1 Å². The van der Waals surface area contributed by atoms with Crippen LogP contribution in [0.15, 0.2) is 37.1 Å². The number of hydrogen-bond donors (Lipinski definition) is 0. The molecule has 2 rings (SSSR count). The fraction of sp³-hybridized carbons (Fsp3) is 0.182. The average Bonchev–Trinajstić information content (AvgIpc) is 2.83. The van der Waals surface area contributed by atoms with Crippen molar-refractivity contribution in [3.63, 3.8) is 0 Å². The Hall–Kier alpha value is -2.17. The van der Waals surface area contributed by atoms with Gasteiger partial charge in [-0.3, -0.25) is 9.36 Å². The van der Waals surface area contributed by atoms with E-state index in [0.717, 1.165) is 11.4 Å². The summed E-state index contributed by atoms with van der Waals surface area (Å²) in [6.45, 7) is 0. The van der Waals surface area contributed by atoms with Gasteiger partial charge in [-0.2, -0.15) is 0 Å². The molecule has 0 aliphatic carbocycles. The van der Waals surface area contributed by atoms with E-state index in [9.17, 15) is 4.79 Å². The van der Waals surface area contributed by atoms with Crippen molar-refractivity contribution in [2.24, 2.45) is 0 Å². The highest BCUT2D eigenvalue weighted by molar-refractivity contribution is 5.72. The third kappa shape index (κ3) is 2.25. The third-order valence-corrected chi connectivity index (χ3v) is 2.15. The minimum absolute atomic E-state index is 0.244. The summed E-state index contributed by atoms with van der Waals surface area (Å²) in [5.41, 5.74) is 0.829. The number of pyridine rings is 1. The molecule has 0 aliphatic heterocycles. The van der Waals surface area contributed by atoms with Crippen molar-refractivity contribution in [3.05, 3.63) is 42.6 Å². The summed E-state index contributed by atoms with van der Waals surface area (Å²) >= 11 is 0. The maximum absolute atomic E-state index is 11.0. The molecule has 0 saturated carbocycles. The largest absolute Gasteiger partial charge is 0.469 e. The maximum Gasteiger partial charge on any atom is 0.310 e. The standard InChI is InChI=1S/C11H11N3O2/c1-16-11(15)6-9-2-3-10(13-7-9)14-5-4-12-8-14/h2-5,7-8H,6H2,1H3. The van der Waals surface area contributed by atoms with Gasteiger partial charge in [0.05, 0.1) is 13.5 Å². The van der Waals surface area contributed by atoms with Crippen LogP contribution in [-0.2, 0) is 16.0 Å². The molecule has 0 saturated heterocycles. The second-order valence-corrected chi connectivity index (χ2v) is 3.25. The molecule has 0 radical (unpaired) electrons. The van der Waals surface area contributed by atoms with Crippen molar-refractivity contribution >= 4 is 5.97 Å². The zero-order valence-corrected chi connectivity index (χ0v) is 8.83. The molecule has 0 fully saturated rings. The SMILES string of the molecule is COC(=O)Cc1ccc(-n2ccnc2)nc1. The summed E-state index contributed by atoms with van der Waals surface area (Å²) in [5.74, 6) is 0.503. The highest BCUT2D eigenvalue weighted by Gasteiger charge is 2.03.